The number of carbonyl (C=O) groups is 2. The Balaban J connectivity index is 0.00000338. The number of carboxylic acid groups (broad SMARTS) is 1. The number of benzene rings is 1. The lowest BCUT2D eigenvalue weighted by molar-refractivity contribution is -0.188. The number of halogens is 6. The molecule has 5 nitrogen and oxygen atoms in total. The van der Waals surface area contributed by atoms with E-state index in [4.69, 9.17) is 5.11 Å². The topological polar surface area (TPSA) is 69.6 Å². The van der Waals surface area contributed by atoms with Gasteiger partial charge in [-0.15, -0.1) is 12.4 Å². The van der Waals surface area contributed by atoms with Crippen LogP contribution in [0.1, 0.15) is 6.92 Å². The summed E-state index contributed by atoms with van der Waals surface area (Å²) in [6.07, 6.45) is -4.72. The third kappa shape index (κ3) is 4.82. The second kappa shape index (κ2) is 8.17. The van der Waals surface area contributed by atoms with Gasteiger partial charge < -0.3 is 10.4 Å². The van der Waals surface area contributed by atoms with Crippen LogP contribution in [0.15, 0.2) is 18.2 Å². The normalized spacial score (nSPS) is 21.8. The van der Waals surface area contributed by atoms with Crippen LogP contribution in [-0.4, -0.2) is 47.2 Å². The van der Waals surface area contributed by atoms with E-state index in [1.54, 1.807) is 0 Å². The second-order valence-corrected chi connectivity index (χ2v) is 5.84. The van der Waals surface area contributed by atoms with Crippen molar-refractivity contribution < 1.29 is 36.6 Å². The van der Waals surface area contributed by atoms with Gasteiger partial charge in [0.1, 0.15) is 11.6 Å². The molecule has 1 heterocycles. The van der Waals surface area contributed by atoms with Crippen LogP contribution in [0, 0.1) is 23.5 Å². The largest absolute Gasteiger partial charge is 0.481 e. The van der Waals surface area contributed by atoms with E-state index in [1.807, 2.05) is 0 Å². The number of alkyl halides is 3. The second-order valence-electron chi connectivity index (χ2n) is 5.84. The third-order valence-electron chi connectivity index (χ3n) is 4.20. The molecule has 0 spiro atoms. The summed E-state index contributed by atoms with van der Waals surface area (Å²) in [6, 6.07) is 1.23. The fraction of sp³-hybridized carbons (Fsp3) is 0.467. The van der Waals surface area contributed by atoms with Crippen LogP contribution in [-0.2, 0) is 9.59 Å². The van der Waals surface area contributed by atoms with Gasteiger partial charge in [-0.25, -0.2) is 8.78 Å². The van der Waals surface area contributed by atoms with Gasteiger partial charge in [-0.2, -0.15) is 13.2 Å². The molecule has 11 heteroatoms. The number of amides is 1. The molecular formula is C15H16ClF5N2O3. The van der Waals surface area contributed by atoms with E-state index in [0.29, 0.717) is 0 Å². The number of nitrogens with zero attached hydrogens (tertiary/aromatic N) is 1. The minimum atomic E-state index is -4.72. The van der Waals surface area contributed by atoms with E-state index in [9.17, 15) is 31.5 Å². The Morgan fingerprint density at radius 2 is 1.88 bits per heavy atom. The van der Waals surface area contributed by atoms with Crippen molar-refractivity contribution >= 4 is 30.0 Å². The number of anilines is 1. The molecule has 0 saturated carbocycles. The smallest absolute Gasteiger partial charge is 0.393 e. The van der Waals surface area contributed by atoms with Gasteiger partial charge in [0.15, 0.2) is 0 Å². The number of aliphatic carboxylic acids is 1. The minimum absolute atomic E-state index is 0. The lowest BCUT2D eigenvalue weighted by Crippen LogP contribution is -2.41. The van der Waals surface area contributed by atoms with Gasteiger partial charge in [0.05, 0.1) is 23.6 Å². The molecule has 1 aliphatic rings. The number of likely N-dealkylation sites (tertiary alicyclic amines) is 1. The highest BCUT2D eigenvalue weighted by Gasteiger charge is 2.53. The predicted molar refractivity (Wildman–Crippen MR) is 83.9 cm³/mol. The van der Waals surface area contributed by atoms with Crippen LogP contribution in [0.2, 0.25) is 0 Å². The van der Waals surface area contributed by atoms with Gasteiger partial charge in [-0.05, 0) is 19.1 Å². The van der Waals surface area contributed by atoms with Gasteiger partial charge in [0.25, 0.3) is 0 Å². The fourth-order valence-electron chi connectivity index (χ4n) is 2.73. The minimum Gasteiger partial charge on any atom is -0.481 e. The highest BCUT2D eigenvalue weighted by molar-refractivity contribution is 5.94. The maximum atomic E-state index is 13.5. The average molecular weight is 403 g/mol. The first kappa shape index (κ1) is 22.1. The Morgan fingerprint density at radius 3 is 2.38 bits per heavy atom. The maximum absolute atomic E-state index is 13.5. The average Bonchev–Trinajstić information content (AvgIpc) is 2.95. The Morgan fingerprint density at radius 1 is 1.27 bits per heavy atom. The molecule has 1 aromatic rings. The van der Waals surface area contributed by atoms with Gasteiger partial charge >= 0.3 is 12.1 Å². The molecule has 1 saturated heterocycles. The molecule has 1 unspecified atom stereocenters. The molecule has 1 amide bonds. The quantitative estimate of drug-likeness (QED) is 0.760. The molecule has 1 fully saturated rings. The Bertz CT molecular complexity index is 686. The summed E-state index contributed by atoms with van der Waals surface area (Å²) in [5.41, 5.74) is -0.446. The molecule has 0 bridgehead atoms. The van der Waals surface area contributed by atoms with Crippen molar-refractivity contribution in [2.75, 3.05) is 18.4 Å². The van der Waals surface area contributed by atoms with E-state index >= 15 is 0 Å². The van der Waals surface area contributed by atoms with Crippen molar-refractivity contribution in [3.63, 3.8) is 0 Å². The van der Waals surface area contributed by atoms with E-state index in [1.165, 1.54) is 6.92 Å². The molecule has 1 aliphatic heterocycles. The third-order valence-corrected chi connectivity index (χ3v) is 4.20. The van der Waals surface area contributed by atoms with Crippen molar-refractivity contribution in [1.82, 2.24) is 4.90 Å². The highest BCUT2D eigenvalue weighted by atomic mass is 35.5. The van der Waals surface area contributed by atoms with E-state index in [2.05, 4.69) is 5.32 Å². The monoisotopic (exact) mass is 402 g/mol. The first-order valence-corrected chi connectivity index (χ1v) is 7.30. The Hall–Kier alpha value is -1.94. The summed E-state index contributed by atoms with van der Waals surface area (Å²) >= 11 is 0. The van der Waals surface area contributed by atoms with Crippen LogP contribution in [0.4, 0.5) is 27.6 Å². The number of hydrogen-bond donors (Lipinski definition) is 2. The summed E-state index contributed by atoms with van der Waals surface area (Å²) in [5.74, 6) is -7.97. The van der Waals surface area contributed by atoms with Crippen LogP contribution < -0.4 is 5.32 Å². The Labute approximate surface area is 151 Å². The standard InChI is InChI=1S/C15H15F5N2O3.ClH/c1-7(13(23)21-12-4-8(16)2-3-11(12)17)22-5-9(14(24)25)10(6-22)15(18,19)20;/h2-4,7,9-10H,5-6H2,1H3,(H,21,23)(H,24,25);1H/t7?,9-,10-;/m1./s1. The van der Waals surface area contributed by atoms with Gasteiger partial charge in [0, 0.05) is 19.2 Å². The molecule has 2 rings (SSSR count). The molecule has 26 heavy (non-hydrogen) atoms. The van der Waals surface area contributed by atoms with Crippen LogP contribution in [0.25, 0.3) is 0 Å². The van der Waals surface area contributed by atoms with Crippen LogP contribution in [0.3, 0.4) is 0 Å². The summed E-state index contributed by atoms with van der Waals surface area (Å²) in [5, 5.41) is 11.1. The molecule has 0 radical (unpaired) electrons. The maximum Gasteiger partial charge on any atom is 0.393 e. The molecule has 2 N–H and O–H groups in total. The summed E-state index contributed by atoms with van der Waals surface area (Å²) in [6.45, 7) is 0.130. The van der Waals surface area contributed by atoms with E-state index in [-0.39, 0.29) is 12.4 Å². The zero-order chi connectivity index (χ0) is 18.9. The SMILES string of the molecule is CC(C(=O)Nc1cc(F)ccc1F)N1C[C@@H](C(F)(F)F)[C@H](C(=O)O)C1.Cl. The molecular weight excluding hydrogens is 387 g/mol. The van der Waals surface area contributed by atoms with Crippen molar-refractivity contribution in [1.29, 1.82) is 0 Å². The fourth-order valence-corrected chi connectivity index (χ4v) is 2.73. The zero-order valence-corrected chi connectivity index (χ0v) is 14.2. The van der Waals surface area contributed by atoms with E-state index in [0.717, 1.165) is 23.1 Å². The van der Waals surface area contributed by atoms with Crippen molar-refractivity contribution in [3.8, 4) is 0 Å². The zero-order valence-electron chi connectivity index (χ0n) is 13.4. The summed E-state index contributed by atoms with van der Waals surface area (Å²) < 4.78 is 65.6. The van der Waals surface area contributed by atoms with Crippen molar-refractivity contribution in [2.24, 2.45) is 11.8 Å². The molecule has 0 aliphatic carbocycles. The summed E-state index contributed by atoms with van der Waals surface area (Å²) in [4.78, 5) is 24.2. The van der Waals surface area contributed by atoms with Crippen molar-refractivity contribution in [2.45, 2.75) is 19.1 Å². The number of hydrogen-bond acceptors (Lipinski definition) is 3. The molecule has 1 aromatic carbocycles. The van der Waals surface area contributed by atoms with Crippen LogP contribution in [0.5, 0.6) is 0 Å². The number of rotatable bonds is 4. The molecule has 0 aromatic heterocycles. The summed E-state index contributed by atoms with van der Waals surface area (Å²) in [7, 11) is 0. The van der Waals surface area contributed by atoms with Crippen molar-refractivity contribution in [3.05, 3.63) is 29.8 Å². The number of nitrogens with one attached hydrogen (secondary N) is 1. The predicted octanol–water partition coefficient (Wildman–Crippen LogP) is 2.91. The number of carbonyl (C=O) groups excluding carboxylic acids is 1. The van der Waals surface area contributed by atoms with E-state index < -0.39 is 66.3 Å². The van der Waals surface area contributed by atoms with Crippen LogP contribution >= 0.6 is 12.4 Å². The molecule has 146 valence electrons. The first-order chi connectivity index (χ1) is 11.5. The van der Waals surface area contributed by atoms with Gasteiger partial charge in [-0.3, -0.25) is 14.5 Å². The lowest BCUT2D eigenvalue weighted by atomic mass is 9.96. The van der Waals surface area contributed by atoms with Gasteiger partial charge in [-0.1, -0.05) is 0 Å². The van der Waals surface area contributed by atoms with Gasteiger partial charge in [0.2, 0.25) is 5.91 Å². The lowest BCUT2D eigenvalue weighted by Gasteiger charge is -2.23. The first-order valence-electron chi connectivity index (χ1n) is 7.30. The molecule has 3 atom stereocenters. The number of carboxylic acids is 1. The highest BCUT2D eigenvalue weighted by Crippen LogP contribution is 2.38. The Kier molecular flexibility index (Phi) is 6.95.